The molecule has 1 fully saturated rings. The van der Waals surface area contributed by atoms with E-state index >= 15 is 0 Å². The normalized spacial score (nSPS) is 35.9. The van der Waals surface area contributed by atoms with Crippen LogP contribution in [0.2, 0.25) is 0 Å². The van der Waals surface area contributed by atoms with Gasteiger partial charge < -0.3 is 5.11 Å². The summed E-state index contributed by atoms with van der Waals surface area (Å²) in [5.74, 6) is 0.884. The molecule has 16 heavy (non-hydrogen) atoms. The molecule has 0 heterocycles. The lowest BCUT2D eigenvalue weighted by Gasteiger charge is -2.39. The fraction of sp³-hybridized carbons (Fsp3) is 0.867. The van der Waals surface area contributed by atoms with E-state index in [4.69, 9.17) is 0 Å². The van der Waals surface area contributed by atoms with Crippen molar-refractivity contribution >= 4 is 0 Å². The molecule has 2 aliphatic rings. The number of hydrogen-bond donors (Lipinski definition) is 1. The number of allylic oxidation sites excluding steroid dienone is 1. The van der Waals surface area contributed by atoms with Gasteiger partial charge in [0.1, 0.15) is 0 Å². The number of aliphatic hydroxyl groups is 1. The monoisotopic (exact) mass is 222 g/mol. The summed E-state index contributed by atoms with van der Waals surface area (Å²) in [7, 11) is 0. The van der Waals surface area contributed by atoms with Gasteiger partial charge in [-0.3, -0.25) is 0 Å². The van der Waals surface area contributed by atoms with Gasteiger partial charge in [0.25, 0.3) is 0 Å². The Morgan fingerprint density at radius 1 is 1.31 bits per heavy atom. The van der Waals surface area contributed by atoms with E-state index in [0.29, 0.717) is 0 Å². The van der Waals surface area contributed by atoms with E-state index in [-0.39, 0.29) is 0 Å². The SMILES string of the molecule is CCCC1CCC(O)(C2=CCCCC2)CC1. The molecule has 1 nitrogen and oxygen atoms in total. The van der Waals surface area contributed by atoms with Crippen molar-refractivity contribution in [3.63, 3.8) is 0 Å². The average molecular weight is 222 g/mol. The van der Waals surface area contributed by atoms with Crippen LogP contribution in [0, 0.1) is 5.92 Å². The van der Waals surface area contributed by atoms with E-state index in [1.165, 1.54) is 50.5 Å². The first-order chi connectivity index (χ1) is 7.74. The number of rotatable bonds is 3. The second-order valence-corrected chi connectivity index (χ2v) is 5.74. The second-order valence-electron chi connectivity index (χ2n) is 5.74. The molecule has 0 unspecified atom stereocenters. The standard InChI is InChI=1S/C15H26O/c1-2-6-13-9-11-15(16,12-10-13)14-7-4-3-5-8-14/h7,13,16H,2-6,8-12H2,1H3. The predicted octanol–water partition coefficient (Wildman–Crippen LogP) is 4.21. The zero-order valence-corrected chi connectivity index (χ0v) is 10.7. The van der Waals surface area contributed by atoms with Crippen molar-refractivity contribution in [2.24, 2.45) is 5.92 Å². The van der Waals surface area contributed by atoms with Crippen LogP contribution in [0.3, 0.4) is 0 Å². The van der Waals surface area contributed by atoms with Crippen molar-refractivity contribution < 1.29 is 5.11 Å². The number of hydrogen-bond acceptors (Lipinski definition) is 1. The Labute approximate surface area is 99.9 Å². The van der Waals surface area contributed by atoms with E-state index in [1.54, 1.807) is 0 Å². The summed E-state index contributed by atoms with van der Waals surface area (Å²) in [6.07, 6.45) is 14.4. The summed E-state index contributed by atoms with van der Waals surface area (Å²) < 4.78 is 0. The van der Waals surface area contributed by atoms with Crippen molar-refractivity contribution in [3.05, 3.63) is 11.6 Å². The third-order valence-corrected chi connectivity index (χ3v) is 4.52. The van der Waals surface area contributed by atoms with Gasteiger partial charge in [0.05, 0.1) is 5.60 Å². The topological polar surface area (TPSA) is 20.2 Å². The molecule has 2 rings (SSSR count). The Morgan fingerprint density at radius 2 is 2.06 bits per heavy atom. The van der Waals surface area contributed by atoms with Gasteiger partial charge in [-0.1, -0.05) is 25.8 Å². The molecule has 1 N–H and O–H groups in total. The van der Waals surface area contributed by atoms with Gasteiger partial charge in [-0.05, 0) is 62.9 Å². The Kier molecular flexibility index (Phi) is 4.07. The molecular weight excluding hydrogens is 196 g/mol. The molecule has 1 heteroatoms. The van der Waals surface area contributed by atoms with E-state index in [9.17, 15) is 5.11 Å². The van der Waals surface area contributed by atoms with Crippen LogP contribution in [0.25, 0.3) is 0 Å². The van der Waals surface area contributed by atoms with Crippen LogP contribution < -0.4 is 0 Å². The van der Waals surface area contributed by atoms with E-state index in [2.05, 4.69) is 13.0 Å². The molecule has 0 aromatic rings. The maximum absolute atomic E-state index is 10.7. The fourth-order valence-electron chi connectivity index (χ4n) is 3.43. The first-order valence-electron chi connectivity index (χ1n) is 7.16. The van der Waals surface area contributed by atoms with Crippen molar-refractivity contribution in [2.45, 2.75) is 76.7 Å². The lowest BCUT2D eigenvalue weighted by molar-refractivity contribution is 0.0188. The molecule has 0 bridgehead atoms. The minimum atomic E-state index is -0.412. The lowest BCUT2D eigenvalue weighted by Crippen LogP contribution is -2.36. The first-order valence-corrected chi connectivity index (χ1v) is 7.16. The van der Waals surface area contributed by atoms with Gasteiger partial charge in [0.2, 0.25) is 0 Å². The zero-order chi connectivity index (χ0) is 11.4. The van der Waals surface area contributed by atoms with Crippen LogP contribution in [-0.2, 0) is 0 Å². The van der Waals surface area contributed by atoms with Crippen molar-refractivity contribution in [3.8, 4) is 0 Å². The maximum atomic E-state index is 10.7. The van der Waals surface area contributed by atoms with Gasteiger partial charge in [-0.2, -0.15) is 0 Å². The highest BCUT2D eigenvalue weighted by molar-refractivity contribution is 5.19. The maximum Gasteiger partial charge on any atom is 0.0857 e. The Hall–Kier alpha value is -0.300. The third kappa shape index (κ3) is 2.68. The van der Waals surface area contributed by atoms with Crippen LogP contribution in [0.4, 0.5) is 0 Å². The van der Waals surface area contributed by atoms with Crippen LogP contribution in [-0.4, -0.2) is 10.7 Å². The molecule has 0 atom stereocenters. The Bertz CT molecular complexity index is 246. The lowest BCUT2D eigenvalue weighted by atomic mass is 9.71. The Morgan fingerprint density at radius 3 is 2.62 bits per heavy atom. The second kappa shape index (κ2) is 5.35. The van der Waals surface area contributed by atoms with Gasteiger partial charge >= 0.3 is 0 Å². The average Bonchev–Trinajstić information content (AvgIpc) is 2.34. The van der Waals surface area contributed by atoms with Crippen LogP contribution in [0.1, 0.15) is 71.1 Å². The summed E-state index contributed by atoms with van der Waals surface area (Å²) in [6, 6.07) is 0. The molecular formula is C15H26O. The van der Waals surface area contributed by atoms with E-state index < -0.39 is 5.60 Å². The molecule has 1 saturated carbocycles. The quantitative estimate of drug-likeness (QED) is 0.709. The van der Waals surface area contributed by atoms with Gasteiger partial charge in [-0.15, -0.1) is 0 Å². The predicted molar refractivity (Wildman–Crippen MR) is 68.4 cm³/mol. The van der Waals surface area contributed by atoms with Crippen LogP contribution in [0.15, 0.2) is 11.6 Å². The van der Waals surface area contributed by atoms with Crippen molar-refractivity contribution in [2.75, 3.05) is 0 Å². The third-order valence-electron chi connectivity index (χ3n) is 4.52. The molecule has 0 saturated heterocycles. The molecule has 2 aliphatic carbocycles. The van der Waals surface area contributed by atoms with Crippen molar-refractivity contribution in [1.29, 1.82) is 0 Å². The summed E-state index contributed by atoms with van der Waals surface area (Å²) in [5.41, 5.74) is 0.957. The fourth-order valence-corrected chi connectivity index (χ4v) is 3.43. The Balaban J connectivity index is 1.92. The summed E-state index contributed by atoms with van der Waals surface area (Å²) in [4.78, 5) is 0. The first kappa shape index (κ1) is 12.2. The van der Waals surface area contributed by atoms with Gasteiger partial charge in [0, 0.05) is 0 Å². The molecule has 92 valence electrons. The van der Waals surface area contributed by atoms with Crippen molar-refractivity contribution in [1.82, 2.24) is 0 Å². The van der Waals surface area contributed by atoms with Crippen LogP contribution in [0.5, 0.6) is 0 Å². The van der Waals surface area contributed by atoms with E-state index in [0.717, 1.165) is 25.2 Å². The van der Waals surface area contributed by atoms with Gasteiger partial charge in [-0.25, -0.2) is 0 Å². The highest BCUT2D eigenvalue weighted by Gasteiger charge is 2.36. The highest BCUT2D eigenvalue weighted by Crippen LogP contribution is 2.41. The largest absolute Gasteiger partial charge is 0.386 e. The molecule has 0 aromatic heterocycles. The smallest absolute Gasteiger partial charge is 0.0857 e. The summed E-state index contributed by atoms with van der Waals surface area (Å²) >= 11 is 0. The zero-order valence-electron chi connectivity index (χ0n) is 10.7. The molecule has 0 aromatic carbocycles. The van der Waals surface area contributed by atoms with Crippen LogP contribution >= 0.6 is 0 Å². The minimum absolute atomic E-state index is 0.412. The van der Waals surface area contributed by atoms with E-state index in [1.807, 2.05) is 0 Å². The highest BCUT2D eigenvalue weighted by atomic mass is 16.3. The summed E-state index contributed by atoms with van der Waals surface area (Å²) in [6.45, 7) is 2.27. The minimum Gasteiger partial charge on any atom is -0.386 e. The molecule has 0 spiro atoms. The molecule has 0 aliphatic heterocycles. The molecule has 0 amide bonds. The van der Waals surface area contributed by atoms with Gasteiger partial charge in [0.15, 0.2) is 0 Å². The summed E-state index contributed by atoms with van der Waals surface area (Å²) in [5, 5.41) is 10.7. The molecule has 0 radical (unpaired) electrons.